The lowest BCUT2D eigenvalue weighted by Gasteiger charge is -2.34. The van der Waals surface area contributed by atoms with Crippen LogP contribution in [-0.2, 0) is 27.1 Å². The van der Waals surface area contributed by atoms with Gasteiger partial charge in [0.05, 0.1) is 29.9 Å². The highest BCUT2D eigenvalue weighted by Gasteiger charge is 2.34. The number of imidazole rings is 1. The Balaban J connectivity index is 1.60. The number of amides is 1. The van der Waals surface area contributed by atoms with Crippen LogP contribution in [0.4, 0.5) is 10.5 Å². The van der Waals surface area contributed by atoms with Gasteiger partial charge in [0.1, 0.15) is 11.6 Å². The maximum atomic E-state index is 12.6. The Morgan fingerprint density at radius 1 is 1.15 bits per heavy atom. The first kappa shape index (κ1) is 23.3. The molecule has 5 rings (SSSR count). The molecule has 0 spiro atoms. The molecule has 0 N–H and O–H groups in total. The fourth-order valence-corrected chi connectivity index (χ4v) is 6.31. The highest BCUT2D eigenvalue weighted by Crippen LogP contribution is 2.41. The van der Waals surface area contributed by atoms with Gasteiger partial charge in [-0.2, -0.15) is 0 Å². The van der Waals surface area contributed by atoms with Gasteiger partial charge in [0, 0.05) is 36.6 Å². The molecular weight excluding hydrogens is 430 g/mol. The maximum Gasteiger partial charge on any atom is 0.414 e. The van der Waals surface area contributed by atoms with Gasteiger partial charge in [-0.05, 0) is 77.3 Å². The maximum absolute atomic E-state index is 12.6. The van der Waals surface area contributed by atoms with Crippen molar-refractivity contribution in [3.8, 4) is 0 Å². The summed E-state index contributed by atoms with van der Waals surface area (Å²) in [5, 5.41) is 0. The lowest BCUT2D eigenvalue weighted by Crippen LogP contribution is -2.42. The third-order valence-electron chi connectivity index (χ3n) is 8.17. The first-order valence-corrected chi connectivity index (χ1v) is 13.0. The minimum atomic E-state index is -0.320. The third kappa shape index (κ3) is 4.23. The molecule has 1 saturated carbocycles. The second kappa shape index (κ2) is 9.68. The highest BCUT2D eigenvalue weighted by atomic mass is 16.5. The smallest absolute Gasteiger partial charge is 0.414 e. The number of carbonyl (C=O) groups excluding carboxylic acids is 2. The van der Waals surface area contributed by atoms with Crippen LogP contribution in [0.15, 0.2) is 12.1 Å². The van der Waals surface area contributed by atoms with Gasteiger partial charge in [-0.3, -0.25) is 9.69 Å². The molecule has 2 aromatic rings. The van der Waals surface area contributed by atoms with Crippen LogP contribution in [0.1, 0.15) is 82.6 Å². The number of aromatic nitrogens is 2. The van der Waals surface area contributed by atoms with Crippen molar-refractivity contribution >= 4 is 28.6 Å². The average molecular weight is 468 g/mol. The zero-order valence-corrected chi connectivity index (χ0v) is 20.7. The Labute approximate surface area is 201 Å². The van der Waals surface area contributed by atoms with Gasteiger partial charge in [-0.1, -0.05) is 6.42 Å². The van der Waals surface area contributed by atoms with E-state index in [1.807, 2.05) is 0 Å². The summed E-state index contributed by atoms with van der Waals surface area (Å²) < 4.78 is 13.6. The summed E-state index contributed by atoms with van der Waals surface area (Å²) in [5.41, 5.74) is 4.16. The van der Waals surface area contributed by atoms with Crippen molar-refractivity contribution < 1.29 is 19.1 Å². The van der Waals surface area contributed by atoms with Crippen molar-refractivity contribution in [3.05, 3.63) is 23.5 Å². The number of hydrogen-bond acceptors (Lipinski definition) is 5. The van der Waals surface area contributed by atoms with E-state index >= 15 is 0 Å². The number of Topliss-reactive ketones (excluding diaryl/α,β-unsaturated/α-hetero) is 1. The molecule has 2 fully saturated rings. The molecule has 184 valence electrons. The van der Waals surface area contributed by atoms with Crippen molar-refractivity contribution in [1.29, 1.82) is 0 Å². The normalized spacial score (nSPS) is 27.4. The van der Waals surface area contributed by atoms with E-state index in [2.05, 4.69) is 23.6 Å². The molecule has 3 heterocycles. The second-order valence-electron chi connectivity index (χ2n) is 10.4. The number of anilines is 1. The van der Waals surface area contributed by atoms with Crippen LogP contribution in [0.25, 0.3) is 11.0 Å². The molecule has 1 saturated heterocycles. The van der Waals surface area contributed by atoms with Crippen LogP contribution >= 0.6 is 0 Å². The van der Waals surface area contributed by atoms with Crippen LogP contribution in [0.3, 0.4) is 0 Å². The first-order valence-electron chi connectivity index (χ1n) is 13.0. The standard InChI is InChI=1S/C27H37N3O4/c1-17-10-11-22-23(29(17)27(32)33-3)12-13-24-26(22)28-25(16-21-9-4-5-14-34-21)30(24)20-8-6-7-19(15-20)18(2)31/h12-13,17,19-21H,4-11,14-16H2,1-3H3/t17-,19+,20+,21+/m0/s1. The molecule has 7 nitrogen and oxygen atoms in total. The lowest BCUT2D eigenvalue weighted by molar-refractivity contribution is -0.122. The molecule has 0 radical (unpaired) electrons. The molecule has 4 atom stereocenters. The Kier molecular flexibility index (Phi) is 6.65. The Hall–Kier alpha value is -2.41. The second-order valence-corrected chi connectivity index (χ2v) is 10.4. The predicted octanol–water partition coefficient (Wildman–Crippen LogP) is 5.38. The Bertz CT molecular complexity index is 1070. The molecule has 0 bridgehead atoms. The number of nitrogens with zero attached hydrogens (tertiary/aromatic N) is 3. The van der Waals surface area contributed by atoms with E-state index in [1.165, 1.54) is 13.5 Å². The van der Waals surface area contributed by atoms with Crippen molar-refractivity contribution in [3.63, 3.8) is 0 Å². The molecule has 7 heteroatoms. The Morgan fingerprint density at radius 2 is 2.00 bits per heavy atom. The number of ether oxygens (including phenoxy) is 2. The minimum absolute atomic E-state index is 0.0873. The van der Waals surface area contributed by atoms with E-state index in [1.54, 1.807) is 11.8 Å². The van der Waals surface area contributed by atoms with Crippen molar-refractivity contribution in [1.82, 2.24) is 9.55 Å². The molecule has 3 aliphatic rings. The fourth-order valence-electron chi connectivity index (χ4n) is 6.31. The summed E-state index contributed by atoms with van der Waals surface area (Å²) in [7, 11) is 1.44. The number of benzene rings is 1. The lowest BCUT2D eigenvalue weighted by atomic mass is 9.83. The summed E-state index contributed by atoms with van der Waals surface area (Å²) in [4.78, 5) is 31.8. The van der Waals surface area contributed by atoms with Gasteiger partial charge in [0.2, 0.25) is 0 Å². The molecule has 1 aromatic heterocycles. The van der Waals surface area contributed by atoms with E-state index in [0.717, 1.165) is 92.5 Å². The van der Waals surface area contributed by atoms with E-state index in [9.17, 15) is 9.59 Å². The number of hydrogen-bond donors (Lipinski definition) is 0. The molecule has 2 aliphatic heterocycles. The Morgan fingerprint density at radius 3 is 2.74 bits per heavy atom. The van der Waals surface area contributed by atoms with Crippen LogP contribution in [-0.4, -0.2) is 47.3 Å². The summed E-state index contributed by atoms with van der Waals surface area (Å²) >= 11 is 0. The van der Waals surface area contributed by atoms with Crippen molar-refractivity contribution in [2.24, 2.45) is 5.92 Å². The van der Waals surface area contributed by atoms with Crippen LogP contribution < -0.4 is 4.90 Å². The zero-order valence-electron chi connectivity index (χ0n) is 20.7. The number of rotatable bonds is 4. The van der Waals surface area contributed by atoms with Gasteiger partial charge < -0.3 is 14.0 Å². The highest BCUT2D eigenvalue weighted by molar-refractivity contribution is 5.95. The van der Waals surface area contributed by atoms with Crippen LogP contribution in [0.2, 0.25) is 0 Å². The van der Waals surface area contributed by atoms with Gasteiger partial charge in [0.25, 0.3) is 0 Å². The van der Waals surface area contributed by atoms with Crippen LogP contribution in [0, 0.1) is 5.92 Å². The predicted molar refractivity (Wildman–Crippen MR) is 131 cm³/mol. The molecule has 0 unspecified atom stereocenters. The van der Waals surface area contributed by atoms with Gasteiger partial charge in [-0.15, -0.1) is 0 Å². The number of carbonyl (C=O) groups is 2. The van der Waals surface area contributed by atoms with Crippen LogP contribution in [0.5, 0.6) is 0 Å². The minimum Gasteiger partial charge on any atom is -0.452 e. The summed E-state index contributed by atoms with van der Waals surface area (Å²) in [6.45, 7) is 4.62. The van der Waals surface area contributed by atoms with Crippen molar-refractivity contribution in [2.75, 3.05) is 18.6 Å². The quantitative estimate of drug-likeness (QED) is 0.604. The number of ketones is 1. The summed E-state index contributed by atoms with van der Waals surface area (Å²) in [6.07, 6.45) is 9.82. The summed E-state index contributed by atoms with van der Waals surface area (Å²) in [6, 6.07) is 4.54. The monoisotopic (exact) mass is 467 g/mol. The van der Waals surface area contributed by atoms with E-state index in [-0.39, 0.29) is 30.2 Å². The number of aryl methyl sites for hydroxylation is 1. The topological polar surface area (TPSA) is 73.7 Å². The molecule has 34 heavy (non-hydrogen) atoms. The van der Waals surface area contributed by atoms with Gasteiger partial charge in [0.15, 0.2) is 0 Å². The van der Waals surface area contributed by atoms with Gasteiger partial charge >= 0.3 is 6.09 Å². The van der Waals surface area contributed by atoms with Crippen molar-refractivity contribution in [2.45, 2.75) is 96.2 Å². The molecule has 1 amide bonds. The SMILES string of the molecule is COC(=O)N1c2ccc3c(nc(C[C@H]4CCCCO4)n3[C@@H]3CCC[C@@H](C(C)=O)C3)c2CC[C@@H]1C. The number of fused-ring (bicyclic) bond motifs is 3. The molecular formula is C27H37N3O4. The average Bonchev–Trinajstić information content (AvgIpc) is 3.22. The fraction of sp³-hybridized carbons (Fsp3) is 0.667. The third-order valence-corrected chi connectivity index (χ3v) is 8.17. The van der Waals surface area contributed by atoms with E-state index in [4.69, 9.17) is 14.5 Å². The summed E-state index contributed by atoms with van der Waals surface area (Å²) in [5.74, 6) is 1.49. The first-order chi connectivity index (χ1) is 16.5. The molecule has 1 aliphatic carbocycles. The molecule has 1 aromatic carbocycles. The number of methoxy groups -OCH3 is 1. The zero-order chi connectivity index (χ0) is 23.8. The van der Waals surface area contributed by atoms with Gasteiger partial charge in [-0.25, -0.2) is 9.78 Å². The largest absolute Gasteiger partial charge is 0.452 e. The van der Waals surface area contributed by atoms with E-state index in [0.29, 0.717) is 5.78 Å². The van der Waals surface area contributed by atoms with E-state index < -0.39 is 0 Å².